The van der Waals surface area contributed by atoms with Crippen LogP contribution in [0.25, 0.3) is 10.6 Å². The molecule has 2 rings (SSSR count). The van der Waals surface area contributed by atoms with E-state index in [4.69, 9.17) is 10.3 Å². The molecule has 2 N–H and O–H groups in total. The molecule has 2 aromatic rings. The van der Waals surface area contributed by atoms with Crippen LogP contribution >= 0.6 is 43.2 Å². The fraction of sp³-hybridized carbons (Fsp3) is 0.300. The average Bonchev–Trinajstić information content (AvgIpc) is 2.71. The summed E-state index contributed by atoms with van der Waals surface area (Å²) in [7, 11) is 0. The lowest BCUT2D eigenvalue weighted by Gasteiger charge is -2.03. The van der Waals surface area contributed by atoms with Crippen molar-refractivity contribution in [1.82, 2.24) is 5.16 Å². The Morgan fingerprint density at radius 1 is 1.44 bits per heavy atom. The summed E-state index contributed by atoms with van der Waals surface area (Å²) in [5.41, 5.74) is 6.77. The second kappa shape index (κ2) is 4.50. The molecule has 0 atom stereocenters. The van der Waals surface area contributed by atoms with Gasteiger partial charge in [0.1, 0.15) is 0 Å². The third kappa shape index (κ3) is 2.06. The van der Waals surface area contributed by atoms with Gasteiger partial charge in [0.05, 0.1) is 8.66 Å². The topological polar surface area (TPSA) is 52.0 Å². The van der Waals surface area contributed by atoms with E-state index in [-0.39, 0.29) is 0 Å². The molecule has 0 saturated carbocycles. The van der Waals surface area contributed by atoms with Crippen LogP contribution in [-0.4, -0.2) is 5.16 Å². The molecule has 0 unspecified atom stereocenters. The second-order valence-corrected chi connectivity index (χ2v) is 6.92. The number of hydrogen-bond acceptors (Lipinski definition) is 4. The molecule has 0 aromatic carbocycles. The summed E-state index contributed by atoms with van der Waals surface area (Å²) in [6.45, 7) is 4.15. The van der Waals surface area contributed by atoms with E-state index in [1.807, 2.05) is 6.07 Å². The zero-order valence-corrected chi connectivity index (χ0v) is 12.7. The summed E-state index contributed by atoms with van der Waals surface area (Å²) < 4.78 is 7.35. The third-order valence-corrected chi connectivity index (χ3v) is 5.46. The van der Waals surface area contributed by atoms with Crippen LogP contribution in [0.2, 0.25) is 0 Å². The molecule has 0 aliphatic heterocycles. The third-order valence-electron chi connectivity index (χ3n) is 2.20. The number of nitrogens with zero attached hydrogens (tertiary/aromatic N) is 1. The van der Waals surface area contributed by atoms with Gasteiger partial charge in [-0.3, -0.25) is 0 Å². The zero-order valence-electron chi connectivity index (χ0n) is 8.75. The number of halogens is 2. The molecule has 2 aromatic heterocycles. The minimum atomic E-state index is 0.293. The van der Waals surface area contributed by atoms with Crippen LogP contribution in [0.15, 0.2) is 18.8 Å². The largest absolute Gasteiger partial charge is 0.381 e. The molecule has 0 aliphatic rings. The zero-order chi connectivity index (χ0) is 11.9. The lowest BCUT2D eigenvalue weighted by Crippen LogP contribution is -1.94. The van der Waals surface area contributed by atoms with Crippen LogP contribution < -0.4 is 5.73 Å². The monoisotopic (exact) mass is 364 g/mol. The Morgan fingerprint density at radius 2 is 2.12 bits per heavy atom. The highest BCUT2D eigenvalue weighted by molar-refractivity contribution is 9.13. The molecule has 16 heavy (non-hydrogen) atoms. The standard InChI is InChI=1S/C10H10Br2N2OS/c1-4(2)7-8(15-14-10(7)13)6-3-5(11)9(12)16-6/h3-4H,1-2H3,(H2,13,14). The smallest absolute Gasteiger partial charge is 0.182 e. The van der Waals surface area contributed by atoms with Crippen molar-refractivity contribution in [1.29, 1.82) is 0 Å². The highest BCUT2D eigenvalue weighted by Crippen LogP contribution is 2.42. The van der Waals surface area contributed by atoms with Crippen molar-refractivity contribution in [2.45, 2.75) is 19.8 Å². The summed E-state index contributed by atoms with van der Waals surface area (Å²) in [5.74, 6) is 1.54. The van der Waals surface area contributed by atoms with Crippen molar-refractivity contribution in [3.05, 3.63) is 19.9 Å². The van der Waals surface area contributed by atoms with Gasteiger partial charge < -0.3 is 10.3 Å². The molecule has 0 fully saturated rings. The molecular formula is C10H10Br2N2OS. The van der Waals surface area contributed by atoms with Gasteiger partial charge in [-0.1, -0.05) is 19.0 Å². The van der Waals surface area contributed by atoms with Gasteiger partial charge in [0.25, 0.3) is 0 Å². The molecule has 0 saturated heterocycles. The van der Waals surface area contributed by atoms with E-state index in [1.54, 1.807) is 11.3 Å². The Bertz CT molecular complexity index is 499. The number of anilines is 1. The Morgan fingerprint density at radius 3 is 2.62 bits per heavy atom. The van der Waals surface area contributed by atoms with Gasteiger partial charge >= 0.3 is 0 Å². The molecule has 0 radical (unpaired) electrons. The Hall–Kier alpha value is -0.330. The van der Waals surface area contributed by atoms with Gasteiger partial charge in [-0.05, 0) is 43.8 Å². The van der Waals surface area contributed by atoms with Crippen molar-refractivity contribution in [3.63, 3.8) is 0 Å². The van der Waals surface area contributed by atoms with Gasteiger partial charge in [-0.2, -0.15) is 0 Å². The number of nitrogen functional groups attached to an aromatic ring is 1. The van der Waals surface area contributed by atoms with Crippen molar-refractivity contribution in [2.24, 2.45) is 0 Å². The summed E-state index contributed by atoms with van der Waals surface area (Å²) >= 11 is 8.50. The maximum atomic E-state index is 5.80. The number of thiophene rings is 1. The first-order chi connectivity index (χ1) is 7.50. The van der Waals surface area contributed by atoms with Crippen LogP contribution in [0.4, 0.5) is 5.82 Å². The van der Waals surface area contributed by atoms with E-state index in [9.17, 15) is 0 Å². The maximum Gasteiger partial charge on any atom is 0.182 e. The predicted molar refractivity (Wildman–Crippen MR) is 73.7 cm³/mol. The minimum Gasteiger partial charge on any atom is -0.381 e. The Labute approximate surface area is 114 Å². The molecule has 3 nitrogen and oxygen atoms in total. The van der Waals surface area contributed by atoms with Crippen LogP contribution in [-0.2, 0) is 0 Å². The van der Waals surface area contributed by atoms with Crippen molar-refractivity contribution < 1.29 is 4.52 Å². The van der Waals surface area contributed by atoms with Gasteiger partial charge in [0.15, 0.2) is 11.6 Å². The van der Waals surface area contributed by atoms with Gasteiger partial charge in [-0.25, -0.2) is 0 Å². The van der Waals surface area contributed by atoms with E-state index in [0.717, 1.165) is 24.5 Å². The highest BCUT2D eigenvalue weighted by Gasteiger charge is 2.20. The number of hydrogen-bond donors (Lipinski definition) is 1. The SMILES string of the molecule is CC(C)c1c(N)noc1-c1cc(Br)c(Br)s1. The van der Waals surface area contributed by atoms with E-state index in [1.165, 1.54) is 0 Å². The quantitative estimate of drug-likeness (QED) is 0.843. The average molecular weight is 366 g/mol. The lowest BCUT2D eigenvalue weighted by atomic mass is 10.0. The summed E-state index contributed by atoms with van der Waals surface area (Å²) in [5, 5.41) is 3.83. The summed E-state index contributed by atoms with van der Waals surface area (Å²) in [6.07, 6.45) is 0. The molecule has 0 spiro atoms. The predicted octanol–water partition coefficient (Wildman–Crippen LogP) is 4.63. The van der Waals surface area contributed by atoms with Crippen molar-refractivity contribution >= 4 is 49.0 Å². The summed E-state index contributed by atoms with van der Waals surface area (Å²) in [6, 6.07) is 2.00. The Kier molecular flexibility index (Phi) is 3.42. The number of rotatable bonds is 2. The van der Waals surface area contributed by atoms with E-state index in [2.05, 4.69) is 50.9 Å². The second-order valence-electron chi connectivity index (χ2n) is 3.70. The molecule has 6 heteroatoms. The van der Waals surface area contributed by atoms with E-state index < -0.39 is 0 Å². The van der Waals surface area contributed by atoms with Crippen LogP contribution in [0, 0.1) is 0 Å². The molecule has 0 aliphatic carbocycles. The van der Waals surface area contributed by atoms with Crippen LogP contribution in [0.5, 0.6) is 0 Å². The Balaban J connectivity index is 2.56. The first-order valence-electron chi connectivity index (χ1n) is 4.71. The number of nitrogens with two attached hydrogens (primary N) is 1. The fourth-order valence-electron chi connectivity index (χ4n) is 1.50. The van der Waals surface area contributed by atoms with Crippen molar-refractivity contribution in [2.75, 3.05) is 5.73 Å². The fourth-order valence-corrected chi connectivity index (χ4v) is 3.53. The molecular weight excluding hydrogens is 356 g/mol. The first kappa shape index (κ1) is 12.1. The summed E-state index contributed by atoms with van der Waals surface area (Å²) in [4.78, 5) is 1.02. The van der Waals surface area contributed by atoms with E-state index >= 15 is 0 Å². The minimum absolute atomic E-state index is 0.293. The number of aromatic nitrogens is 1. The molecule has 86 valence electrons. The lowest BCUT2D eigenvalue weighted by molar-refractivity contribution is 0.435. The molecule has 2 heterocycles. The van der Waals surface area contributed by atoms with Crippen LogP contribution in [0.1, 0.15) is 25.3 Å². The van der Waals surface area contributed by atoms with Gasteiger partial charge in [0, 0.05) is 10.0 Å². The normalized spacial score (nSPS) is 11.3. The molecule has 0 amide bonds. The van der Waals surface area contributed by atoms with E-state index in [0.29, 0.717) is 11.7 Å². The van der Waals surface area contributed by atoms with Gasteiger partial charge in [0.2, 0.25) is 0 Å². The van der Waals surface area contributed by atoms with Crippen LogP contribution in [0.3, 0.4) is 0 Å². The van der Waals surface area contributed by atoms with Crippen molar-refractivity contribution in [3.8, 4) is 10.6 Å². The van der Waals surface area contributed by atoms with Gasteiger partial charge in [-0.15, -0.1) is 11.3 Å². The molecule has 0 bridgehead atoms. The first-order valence-corrected chi connectivity index (χ1v) is 7.11. The highest BCUT2D eigenvalue weighted by atomic mass is 79.9. The maximum absolute atomic E-state index is 5.80.